The van der Waals surface area contributed by atoms with Crippen molar-refractivity contribution < 1.29 is 9.90 Å². The second-order valence-electron chi connectivity index (χ2n) is 3.24. The van der Waals surface area contributed by atoms with E-state index in [-0.39, 0.29) is 6.42 Å². The van der Waals surface area contributed by atoms with Gasteiger partial charge in [-0.15, -0.1) is 0 Å². The quantitative estimate of drug-likeness (QED) is 0.650. The maximum atomic E-state index is 10.2. The van der Waals surface area contributed by atoms with Crippen molar-refractivity contribution in [1.82, 2.24) is 15.5 Å². The maximum absolute atomic E-state index is 10.2. The zero-order chi connectivity index (χ0) is 10.9. The van der Waals surface area contributed by atoms with Crippen LogP contribution in [0.3, 0.4) is 0 Å². The Hall–Kier alpha value is -1.49. The van der Waals surface area contributed by atoms with Crippen LogP contribution in [0.1, 0.15) is 25.0 Å². The molecular formula is C10H15N3O2. The fourth-order valence-electron chi connectivity index (χ4n) is 1.17. The summed E-state index contributed by atoms with van der Waals surface area (Å²) in [6, 6.07) is 3.74. The van der Waals surface area contributed by atoms with Crippen LogP contribution in [-0.2, 0) is 11.3 Å². The van der Waals surface area contributed by atoms with Crippen LogP contribution in [0, 0.1) is 0 Å². The summed E-state index contributed by atoms with van der Waals surface area (Å²) in [5, 5.41) is 19.3. The van der Waals surface area contributed by atoms with Crippen LogP contribution < -0.4 is 5.32 Å². The van der Waals surface area contributed by atoms with Gasteiger partial charge in [0.15, 0.2) is 0 Å². The molecule has 0 saturated carbocycles. The van der Waals surface area contributed by atoms with Gasteiger partial charge in [0.05, 0.1) is 5.69 Å². The minimum absolute atomic E-state index is 0.243. The lowest BCUT2D eigenvalue weighted by Crippen LogP contribution is -2.16. The van der Waals surface area contributed by atoms with E-state index in [9.17, 15) is 4.79 Å². The van der Waals surface area contributed by atoms with E-state index in [1.165, 1.54) is 0 Å². The molecule has 5 nitrogen and oxygen atoms in total. The van der Waals surface area contributed by atoms with Crippen molar-refractivity contribution in [1.29, 1.82) is 0 Å². The number of nitrogens with one attached hydrogen (secondary N) is 1. The maximum Gasteiger partial charge on any atom is 0.303 e. The minimum atomic E-state index is -0.732. The number of unbranched alkanes of at least 4 members (excludes halogenated alkanes) is 1. The highest BCUT2D eigenvalue weighted by atomic mass is 16.4. The van der Waals surface area contributed by atoms with E-state index < -0.39 is 5.97 Å². The molecule has 2 N–H and O–H groups in total. The third kappa shape index (κ3) is 5.74. The van der Waals surface area contributed by atoms with Crippen LogP contribution in [0.15, 0.2) is 18.3 Å². The fourth-order valence-corrected chi connectivity index (χ4v) is 1.17. The molecule has 1 rings (SSSR count). The van der Waals surface area contributed by atoms with Crippen molar-refractivity contribution in [3.8, 4) is 0 Å². The summed E-state index contributed by atoms with van der Waals surface area (Å²) in [5.41, 5.74) is 0.899. The van der Waals surface area contributed by atoms with Gasteiger partial charge in [0.25, 0.3) is 0 Å². The van der Waals surface area contributed by atoms with Crippen LogP contribution in [0.5, 0.6) is 0 Å². The Bertz CT molecular complexity index is 290. The van der Waals surface area contributed by atoms with E-state index in [1.807, 2.05) is 12.1 Å². The van der Waals surface area contributed by atoms with Crippen molar-refractivity contribution in [2.75, 3.05) is 6.54 Å². The Labute approximate surface area is 88.5 Å². The van der Waals surface area contributed by atoms with Crippen molar-refractivity contribution in [3.63, 3.8) is 0 Å². The van der Waals surface area contributed by atoms with Gasteiger partial charge >= 0.3 is 5.97 Å². The predicted octanol–water partition coefficient (Wildman–Crippen LogP) is 0.821. The molecule has 0 radical (unpaired) electrons. The molecule has 0 fully saturated rings. The van der Waals surface area contributed by atoms with Crippen molar-refractivity contribution in [2.45, 2.75) is 25.8 Å². The molecular weight excluding hydrogens is 194 g/mol. The molecule has 82 valence electrons. The van der Waals surface area contributed by atoms with Gasteiger partial charge in [0.1, 0.15) is 0 Å². The Morgan fingerprint density at radius 2 is 2.33 bits per heavy atom. The van der Waals surface area contributed by atoms with E-state index in [1.54, 1.807) is 6.20 Å². The van der Waals surface area contributed by atoms with E-state index in [0.717, 1.165) is 18.7 Å². The van der Waals surface area contributed by atoms with Crippen molar-refractivity contribution in [2.24, 2.45) is 0 Å². The number of aliphatic carboxylic acids is 1. The standard InChI is InChI=1S/C10H15N3O2/c14-10(15)5-1-2-6-11-8-9-4-3-7-12-13-9/h3-4,7,11H,1-2,5-6,8H2,(H,14,15). The first kappa shape index (κ1) is 11.6. The summed E-state index contributed by atoms with van der Waals surface area (Å²) in [4.78, 5) is 10.2. The Balaban J connectivity index is 2.00. The average Bonchev–Trinajstić information content (AvgIpc) is 2.24. The number of carbonyl (C=O) groups is 1. The number of rotatable bonds is 7. The number of hydrogen-bond acceptors (Lipinski definition) is 4. The van der Waals surface area contributed by atoms with E-state index in [0.29, 0.717) is 13.0 Å². The van der Waals surface area contributed by atoms with Crippen LogP contribution >= 0.6 is 0 Å². The third-order valence-corrected chi connectivity index (χ3v) is 1.93. The molecule has 0 saturated heterocycles. The third-order valence-electron chi connectivity index (χ3n) is 1.93. The van der Waals surface area contributed by atoms with Gasteiger partial charge in [-0.25, -0.2) is 0 Å². The molecule has 0 atom stereocenters. The van der Waals surface area contributed by atoms with Gasteiger partial charge in [-0.3, -0.25) is 4.79 Å². The molecule has 15 heavy (non-hydrogen) atoms. The lowest BCUT2D eigenvalue weighted by molar-refractivity contribution is -0.137. The summed E-state index contributed by atoms with van der Waals surface area (Å²) >= 11 is 0. The Kier molecular flexibility index (Phi) is 5.32. The van der Waals surface area contributed by atoms with Gasteiger partial charge in [0, 0.05) is 19.2 Å². The van der Waals surface area contributed by atoms with Gasteiger partial charge in [-0.1, -0.05) is 0 Å². The monoisotopic (exact) mass is 209 g/mol. The molecule has 0 spiro atoms. The molecule has 1 aromatic rings. The van der Waals surface area contributed by atoms with Gasteiger partial charge < -0.3 is 10.4 Å². The summed E-state index contributed by atoms with van der Waals surface area (Å²) in [7, 11) is 0. The largest absolute Gasteiger partial charge is 0.481 e. The lowest BCUT2D eigenvalue weighted by Gasteiger charge is -2.02. The molecule has 0 aliphatic carbocycles. The minimum Gasteiger partial charge on any atom is -0.481 e. The second-order valence-corrected chi connectivity index (χ2v) is 3.24. The summed E-state index contributed by atoms with van der Waals surface area (Å²) in [5.74, 6) is -0.732. The van der Waals surface area contributed by atoms with Gasteiger partial charge in [-0.2, -0.15) is 10.2 Å². The van der Waals surface area contributed by atoms with E-state index in [4.69, 9.17) is 5.11 Å². The first-order chi connectivity index (χ1) is 7.29. The molecule has 1 aromatic heterocycles. The zero-order valence-corrected chi connectivity index (χ0v) is 8.52. The Morgan fingerprint density at radius 1 is 1.47 bits per heavy atom. The molecule has 0 unspecified atom stereocenters. The normalized spacial score (nSPS) is 10.1. The highest BCUT2D eigenvalue weighted by molar-refractivity contribution is 5.66. The lowest BCUT2D eigenvalue weighted by atomic mass is 10.2. The number of nitrogens with zero attached hydrogens (tertiary/aromatic N) is 2. The highest BCUT2D eigenvalue weighted by Gasteiger charge is 1.96. The number of aromatic nitrogens is 2. The number of hydrogen-bond donors (Lipinski definition) is 2. The van der Waals surface area contributed by atoms with Crippen LogP contribution in [0.25, 0.3) is 0 Å². The summed E-state index contributed by atoms with van der Waals surface area (Å²) in [6.45, 7) is 1.49. The fraction of sp³-hybridized carbons (Fsp3) is 0.500. The smallest absolute Gasteiger partial charge is 0.303 e. The van der Waals surface area contributed by atoms with Crippen molar-refractivity contribution >= 4 is 5.97 Å². The van der Waals surface area contributed by atoms with Gasteiger partial charge in [-0.05, 0) is 31.5 Å². The highest BCUT2D eigenvalue weighted by Crippen LogP contribution is 1.94. The average molecular weight is 209 g/mol. The van der Waals surface area contributed by atoms with Crippen LogP contribution in [0.4, 0.5) is 0 Å². The predicted molar refractivity (Wildman–Crippen MR) is 55.2 cm³/mol. The second kappa shape index (κ2) is 6.89. The number of carboxylic acids is 1. The molecule has 0 bridgehead atoms. The molecule has 1 heterocycles. The summed E-state index contributed by atoms with van der Waals surface area (Å²) < 4.78 is 0. The Morgan fingerprint density at radius 3 is 3.00 bits per heavy atom. The first-order valence-corrected chi connectivity index (χ1v) is 4.98. The van der Waals surface area contributed by atoms with Crippen LogP contribution in [0.2, 0.25) is 0 Å². The van der Waals surface area contributed by atoms with E-state index >= 15 is 0 Å². The van der Waals surface area contributed by atoms with E-state index in [2.05, 4.69) is 15.5 Å². The van der Waals surface area contributed by atoms with Crippen molar-refractivity contribution in [3.05, 3.63) is 24.0 Å². The molecule has 0 amide bonds. The number of carboxylic acid groups (broad SMARTS) is 1. The SMILES string of the molecule is O=C(O)CCCCNCc1cccnn1. The topological polar surface area (TPSA) is 75.1 Å². The van der Waals surface area contributed by atoms with Crippen LogP contribution in [-0.4, -0.2) is 27.8 Å². The first-order valence-electron chi connectivity index (χ1n) is 4.98. The summed E-state index contributed by atoms with van der Waals surface area (Å²) in [6.07, 6.45) is 3.46. The molecule has 0 aromatic carbocycles. The zero-order valence-electron chi connectivity index (χ0n) is 8.52. The van der Waals surface area contributed by atoms with Gasteiger partial charge in [0.2, 0.25) is 0 Å². The molecule has 5 heteroatoms. The molecule has 0 aliphatic rings. The molecule has 0 aliphatic heterocycles.